The summed E-state index contributed by atoms with van der Waals surface area (Å²) >= 11 is 0. The summed E-state index contributed by atoms with van der Waals surface area (Å²) in [6.07, 6.45) is 10.2. The Morgan fingerprint density at radius 2 is 2.00 bits per heavy atom. The lowest BCUT2D eigenvalue weighted by Gasteiger charge is -2.09. The molecule has 2 aromatic rings. The van der Waals surface area contributed by atoms with Crippen molar-refractivity contribution < 1.29 is 9.47 Å². The molecular formula is C22H36N2O2. The fourth-order valence-electron chi connectivity index (χ4n) is 3.26. The number of ether oxygens (including phenoxy) is 2. The molecule has 4 nitrogen and oxygen atoms in total. The van der Waals surface area contributed by atoms with Gasteiger partial charge >= 0.3 is 0 Å². The van der Waals surface area contributed by atoms with Gasteiger partial charge in [0.2, 0.25) is 0 Å². The van der Waals surface area contributed by atoms with Gasteiger partial charge in [0.1, 0.15) is 11.3 Å². The van der Waals surface area contributed by atoms with Gasteiger partial charge in [0.15, 0.2) is 0 Å². The van der Waals surface area contributed by atoms with Crippen LogP contribution in [0, 0.1) is 11.8 Å². The maximum atomic E-state index is 5.76. The predicted molar refractivity (Wildman–Crippen MR) is 109 cm³/mol. The quantitative estimate of drug-likeness (QED) is 0.556. The first-order valence-electron chi connectivity index (χ1n) is 10.2. The van der Waals surface area contributed by atoms with E-state index in [-0.39, 0.29) is 0 Å². The summed E-state index contributed by atoms with van der Waals surface area (Å²) < 4.78 is 13.1. The van der Waals surface area contributed by atoms with E-state index in [0.717, 1.165) is 61.0 Å². The highest BCUT2D eigenvalue weighted by atomic mass is 16.5. The molecule has 0 bridgehead atoms. The van der Waals surface area contributed by atoms with Gasteiger partial charge in [0.05, 0.1) is 12.1 Å². The van der Waals surface area contributed by atoms with E-state index in [0.29, 0.717) is 6.61 Å². The van der Waals surface area contributed by atoms with E-state index in [1.807, 2.05) is 19.2 Å². The number of fused-ring (bicyclic) bond motifs is 1. The molecule has 0 aromatic carbocycles. The summed E-state index contributed by atoms with van der Waals surface area (Å²) in [5.41, 5.74) is 3.49. The van der Waals surface area contributed by atoms with Crippen LogP contribution in [0.5, 0.6) is 5.75 Å². The molecule has 0 N–H and O–H groups in total. The lowest BCUT2D eigenvalue weighted by atomic mass is 10.1. The molecule has 1 aliphatic carbocycles. The zero-order chi connectivity index (χ0) is 18.9. The first kappa shape index (κ1) is 20.8. The Morgan fingerprint density at radius 3 is 2.54 bits per heavy atom. The monoisotopic (exact) mass is 360 g/mol. The molecule has 2 heterocycles. The molecule has 1 aliphatic rings. The third-order valence-electron chi connectivity index (χ3n) is 5.03. The number of aryl methyl sites for hydroxylation is 2. The smallest absolute Gasteiger partial charge is 0.146 e. The van der Waals surface area contributed by atoms with E-state index in [2.05, 4.69) is 36.5 Å². The Morgan fingerprint density at radius 1 is 1.23 bits per heavy atom. The summed E-state index contributed by atoms with van der Waals surface area (Å²) in [6, 6.07) is 1.96. The number of unbranched alkanes of at least 4 members (excludes halogenated alkanes) is 1. The van der Waals surface area contributed by atoms with Gasteiger partial charge in [-0.1, -0.05) is 20.8 Å². The van der Waals surface area contributed by atoms with E-state index in [9.17, 15) is 0 Å². The van der Waals surface area contributed by atoms with Gasteiger partial charge in [-0.3, -0.25) is 4.98 Å². The van der Waals surface area contributed by atoms with Gasteiger partial charge in [-0.25, -0.2) is 0 Å². The maximum Gasteiger partial charge on any atom is 0.146 e. The van der Waals surface area contributed by atoms with E-state index in [4.69, 9.17) is 9.47 Å². The molecule has 2 aromatic heterocycles. The molecule has 26 heavy (non-hydrogen) atoms. The second-order valence-electron chi connectivity index (χ2n) is 7.42. The van der Waals surface area contributed by atoms with Crippen LogP contribution in [0.3, 0.4) is 0 Å². The van der Waals surface area contributed by atoms with Crippen molar-refractivity contribution in [3.05, 3.63) is 24.0 Å². The summed E-state index contributed by atoms with van der Waals surface area (Å²) in [7, 11) is 1.75. The predicted octanol–water partition coefficient (Wildman–Crippen LogP) is 5.48. The fraction of sp³-hybridized carbons (Fsp3) is 0.682. The number of nitrogens with zero attached hydrogens (tertiary/aromatic N) is 2. The molecule has 3 rings (SSSR count). The maximum absolute atomic E-state index is 5.76. The van der Waals surface area contributed by atoms with Crippen LogP contribution in [0.2, 0.25) is 0 Å². The highest BCUT2D eigenvalue weighted by Gasteiger charge is 2.23. The van der Waals surface area contributed by atoms with Crippen molar-refractivity contribution in [2.24, 2.45) is 11.8 Å². The number of aromatic nitrogens is 2. The molecular weight excluding hydrogens is 324 g/mol. The molecule has 0 saturated heterocycles. The van der Waals surface area contributed by atoms with E-state index >= 15 is 0 Å². The third-order valence-corrected chi connectivity index (χ3v) is 5.03. The first-order valence-corrected chi connectivity index (χ1v) is 10.2. The fourth-order valence-corrected chi connectivity index (χ4v) is 3.26. The van der Waals surface area contributed by atoms with Gasteiger partial charge in [-0.2, -0.15) is 0 Å². The summed E-state index contributed by atoms with van der Waals surface area (Å²) in [5, 5.41) is 0. The van der Waals surface area contributed by atoms with Crippen molar-refractivity contribution in [3.63, 3.8) is 0 Å². The van der Waals surface area contributed by atoms with Crippen molar-refractivity contribution in [1.29, 1.82) is 0 Å². The third kappa shape index (κ3) is 5.73. The number of rotatable bonds is 9. The lowest BCUT2D eigenvalue weighted by molar-refractivity contribution is 0.191. The van der Waals surface area contributed by atoms with Crippen molar-refractivity contribution in [3.8, 4) is 5.75 Å². The number of methoxy groups -OCH3 is 1. The Hall–Kier alpha value is -1.55. The van der Waals surface area contributed by atoms with E-state index in [1.54, 1.807) is 7.11 Å². The van der Waals surface area contributed by atoms with E-state index in [1.165, 1.54) is 18.4 Å². The van der Waals surface area contributed by atoms with Crippen LogP contribution in [0.25, 0.3) is 11.0 Å². The Labute approximate surface area is 158 Å². The minimum absolute atomic E-state index is 0.676. The lowest BCUT2D eigenvalue weighted by Crippen LogP contribution is -2.01. The summed E-state index contributed by atoms with van der Waals surface area (Å²) in [5.74, 6) is 3.00. The van der Waals surface area contributed by atoms with Gasteiger partial charge in [0.25, 0.3) is 0 Å². The normalized spacial score (nSPS) is 13.8. The van der Waals surface area contributed by atoms with Crippen LogP contribution in [-0.4, -0.2) is 29.9 Å². The molecule has 1 fully saturated rings. The second kappa shape index (κ2) is 10.6. The van der Waals surface area contributed by atoms with Gasteiger partial charge in [-0.05, 0) is 56.4 Å². The molecule has 4 heteroatoms. The van der Waals surface area contributed by atoms with Gasteiger partial charge in [-0.15, -0.1) is 0 Å². The highest BCUT2D eigenvalue weighted by molar-refractivity contribution is 5.85. The van der Waals surface area contributed by atoms with Crippen LogP contribution in [0.4, 0.5) is 0 Å². The topological polar surface area (TPSA) is 36.3 Å². The number of hydrogen-bond acceptors (Lipinski definition) is 3. The van der Waals surface area contributed by atoms with Crippen LogP contribution < -0.4 is 4.74 Å². The van der Waals surface area contributed by atoms with Gasteiger partial charge < -0.3 is 14.0 Å². The SMILES string of the molecule is CC(C)C1CC1.CCOc1ccnc2c(CC)cn(CCCCOC)c12. The minimum Gasteiger partial charge on any atom is -0.492 e. The largest absolute Gasteiger partial charge is 0.492 e. The van der Waals surface area contributed by atoms with Gasteiger partial charge in [0, 0.05) is 38.7 Å². The molecule has 0 atom stereocenters. The van der Waals surface area contributed by atoms with Crippen molar-refractivity contribution in [2.75, 3.05) is 20.3 Å². The van der Waals surface area contributed by atoms with E-state index < -0.39 is 0 Å². The highest BCUT2D eigenvalue weighted by Crippen LogP contribution is 2.35. The second-order valence-corrected chi connectivity index (χ2v) is 7.42. The summed E-state index contributed by atoms with van der Waals surface area (Å²) in [4.78, 5) is 4.53. The molecule has 0 aliphatic heterocycles. The Bertz CT molecular complexity index is 659. The average molecular weight is 361 g/mol. The van der Waals surface area contributed by atoms with Crippen LogP contribution >= 0.6 is 0 Å². The molecule has 0 unspecified atom stereocenters. The Balaban J connectivity index is 0.000000342. The Kier molecular flexibility index (Phi) is 8.43. The summed E-state index contributed by atoms with van der Waals surface area (Å²) in [6.45, 7) is 11.3. The van der Waals surface area contributed by atoms with Crippen molar-refractivity contribution in [1.82, 2.24) is 9.55 Å². The zero-order valence-electron chi connectivity index (χ0n) is 17.3. The number of hydrogen-bond donors (Lipinski definition) is 0. The van der Waals surface area contributed by atoms with Crippen LogP contribution in [-0.2, 0) is 17.7 Å². The van der Waals surface area contributed by atoms with Crippen molar-refractivity contribution >= 4 is 11.0 Å². The molecule has 0 amide bonds. The van der Waals surface area contributed by atoms with Crippen molar-refractivity contribution in [2.45, 2.75) is 66.3 Å². The average Bonchev–Trinajstić information content (AvgIpc) is 3.43. The first-order chi connectivity index (χ1) is 12.6. The molecule has 146 valence electrons. The van der Waals surface area contributed by atoms with Crippen LogP contribution in [0.1, 0.15) is 58.9 Å². The number of pyridine rings is 1. The molecule has 0 radical (unpaired) electrons. The molecule has 0 spiro atoms. The zero-order valence-corrected chi connectivity index (χ0v) is 17.3. The standard InChI is InChI=1S/C16H24N2O2.C6H12/c1-4-13-12-18(10-6-7-11-19-3)16-14(20-5-2)8-9-17-15(13)16;1-5(2)6-3-4-6/h8-9,12H,4-7,10-11H2,1-3H3;5-6H,3-4H2,1-2H3. The minimum atomic E-state index is 0.676. The molecule has 1 saturated carbocycles. The van der Waals surface area contributed by atoms with Crippen LogP contribution in [0.15, 0.2) is 18.5 Å².